The lowest BCUT2D eigenvalue weighted by Crippen LogP contribution is -2.27. The lowest BCUT2D eigenvalue weighted by Gasteiger charge is -2.17. The van der Waals surface area contributed by atoms with Crippen LogP contribution < -0.4 is 0 Å². The molecule has 0 N–H and O–H groups in total. The van der Waals surface area contributed by atoms with Gasteiger partial charge in [0.1, 0.15) is 5.25 Å². The van der Waals surface area contributed by atoms with Crippen LogP contribution in [0.15, 0.2) is 24.3 Å². The highest BCUT2D eigenvalue weighted by atomic mass is 32.2. The molecule has 0 rings (SSSR count). The molecular weight excluding hydrogens is 639 g/mol. The molecule has 0 aromatic heterocycles. The lowest BCUT2D eigenvalue weighted by molar-refractivity contribution is -0.149. The predicted molar refractivity (Wildman–Crippen MR) is 220 cm³/mol. The minimum absolute atomic E-state index is 0.0940. The van der Waals surface area contributed by atoms with Crippen LogP contribution in [0.1, 0.15) is 200 Å². The maximum absolute atomic E-state index is 12.9. The smallest absolute Gasteiger partial charge is 0.319 e. The molecule has 6 heteroatoms. The monoisotopic (exact) mass is 722 g/mol. The second-order valence-electron chi connectivity index (χ2n) is 14.6. The summed E-state index contributed by atoms with van der Waals surface area (Å²) in [6, 6.07) is 0. The van der Waals surface area contributed by atoms with Crippen molar-refractivity contribution >= 4 is 23.7 Å². The maximum Gasteiger partial charge on any atom is 0.319 e. The standard InChI is InChI=1S/C44H83NO4S/c1-5-7-9-11-13-15-17-19-21-23-25-27-29-31-33-35-38-48-43(46)41-42(50-40-37-45(3)4)44(47)49-39-36-34-32-30-28-26-24-22-20-18-16-14-12-10-8-6-2/h19-22,42H,5-18,23-41H2,1-4H3/b21-19-,22-20-. The summed E-state index contributed by atoms with van der Waals surface area (Å²) in [6.07, 6.45) is 44.7. The molecule has 0 aliphatic heterocycles. The fourth-order valence-electron chi connectivity index (χ4n) is 5.95. The van der Waals surface area contributed by atoms with Crippen molar-refractivity contribution in [3.05, 3.63) is 24.3 Å². The van der Waals surface area contributed by atoms with Gasteiger partial charge in [-0.25, -0.2) is 0 Å². The quantitative estimate of drug-likeness (QED) is 0.0358. The minimum Gasteiger partial charge on any atom is -0.466 e. The van der Waals surface area contributed by atoms with E-state index in [2.05, 4.69) is 43.1 Å². The maximum atomic E-state index is 12.9. The molecule has 0 radical (unpaired) electrons. The zero-order chi connectivity index (χ0) is 36.6. The number of hydrogen-bond acceptors (Lipinski definition) is 6. The first-order valence-electron chi connectivity index (χ1n) is 21.4. The molecule has 0 aliphatic carbocycles. The molecule has 0 aromatic rings. The highest BCUT2D eigenvalue weighted by molar-refractivity contribution is 8.00. The average molecular weight is 722 g/mol. The normalized spacial score (nSPS) is 12.4. The van der Waals surface area contributed by atoms with Gasteiger partial charge in [0.05, 0.1) is 19.6 Å². The van der Waals surface area contributed by atoms with E-state index in [1.807, 2.05) is 14.1 Å². The summed E-state index contributed by atoms with van der Waals surface area (Å²) in [4.78, 5) is 27.5. The van der Waals surface area contributed by atoms with E-state index in [0.717, 1.165) is 38.0 Å². The zero-order valence-electron chi connectivity index (χ0n) is 33.7. The number of unbranched alkanes of at least 4 members (excludes halogenated alkanes) is 24. The number of rotatable bonds is 39. The summed E-state index contributed by atoms with van der Waals surface area (Å²) >= 11 is 1.51. The third-order valence-electron chi connectivity index (χ3n) is 9.29. The van der Waals surface area contributed by atoms with E-state index < -0.39 is 5.25 Å². The summed E-state index contributed by atoms with van der Waals surface area (Å²) in [5, 5.41) is -0.489. The van der Waals surface area contributed by atoms with Gasteiger partial charge in [0.15, 0.2) is 0 Å². The Balaban J connectivity index is 3.91. The molecule has 5 nitrogen and oxygen atoms in total. The van der Waals surface area contributed by atoms with Gasteiger partial charge in [-0.1, -0.05) is 154 Å². The highest BCUT2D eigenvalue weighted by Gasteiger charge is 2.24. The van der Waals surface area contributed by atoms with Gasteiger partial charge in [-0.15, -0.1) is 11.8 Å². The van der Waals surface area contributed by atoms with Crippen molar-refractivity contribution in [1.82, 2.24) is 4.90 Å². The van der Waals surface area contributed by atoms with Crippen molar-refractivity contribution in [2.45, 2.75) is 205 Å². The number of thioether (sulfide) groups is 1. The fraction of sp³-hybridized carbons (Fsp3) is 0.864. The minimum atomic E-state index is -0.489. The molecule has 294 valence electrons. The first-order chi connectivity index (χ1) is 24.5. The van der Waals surface area contributed by atoms with E-state index in [-0.39, 0.29) is 18.4 Å². The van der Waals surface area contributed by atoms with E-state index in [9.17, 15) is 9.59 Å². The Hall–Kier alpha value is -1.27. The molecule has 0 amide bonds. The summed E-state index contributed by atoms with van der Waals surface area (Å²) in [7, 11) is 4.04. The van der Waals surface area contributed by atoms with Crippen LogP contribution in [0.25, 0.3) is 0 Å². The third kappa shape index (κ3) is 38.0. The first-order valence-corrected chi connectivity index (χ1v) is 22.4. The number of hydrogen-bond donors (Lipinski definition) is 0. The topological polar surface area (TPSA) is 55.8 Å². The van der Waals surface area contributed by atoms with Crippen LogP contribution >= 0.6 is 11.8 Å². The Labute approximate surface area is 315 Å². The molecule has 0 aliphatic rings. The lowest BCUT2D eigenvalue weighted by atomic mass is 10.1. The Kier molecular flexibility index (Phi) is 39.5. The number of allylic oxidation sites excluding steroid dienone is 4. The van der Waals surface area contributed by atoms with Gasteiger partial charge in [-0.2, -0.15) is 0 Å². The second-order valence-corrected chi connectivity index (χ2v) is 15.9. The van der Waals surface area contributed by atoms with E-state index in [0.29, 0.717) is 13.2 Å². The van der Waals surface area contributed by atoms with Gasteiger partial charge in [-0.05, 0) is 78.3 Å². The Morgan fingerprint density at radius 3 is 1.28 bits per heavy atom. The Morgan fingerprint density at radius 2 is 0.880 bits per heavy atom. The summed E-state index contributed by atoms with van der Waals surface area (Å²) in [5.74, 6) is 0.230. The van der Waals surface area contributed by atoms with Gasteiger partial charge >= 0.3 is 11.9 Å². The second kappa shape index (κ2) is 40.5. The molecular formula is C44H83NO4S. The Morgan fingerprint density at radius 1 is 0.520 bits per heavy atom. The number of esters is 2. The molecule has 0 fully saturated rings. The highest BCUT2D eigenvalue weighted by Crippen LogP contribution is 2.19. The number of nitrogens with zero attached hydrogens (tertiary/aromatic N) is 1. The van der Waals surface area contributed by atoms with Crippen LogP contribution in [-0.4, -0.2) is 61.7 Å². The molecule has 0 heterocycles. The largest absolute Gasteiger partial charge is 0.466 e. The molecule has 0 bridgehead atoms. The number of carbonyl (C=O) groups is 2. The van der Waals surface area contributed by atoms with Crippen LogP contribution in [0, 0.1) is 0 Å². The van der Waals surface area contributed by atoms with Crippen molar-refractivity contribution in [2.24, 2.45) is 0 Å². The SMILES string of the molecule is CCCCCCCC/C=C\CCCCCCCCOC(=O)CC(SCCN(C)C)C(=O)OCCCCCCCC/C=C\CCCCCCCC. The van der Waals surface area contributed by atoms with E-state index in [1.165, 1.54) is 166 Å². The first kappa shape index (κ1) is 48.7. The molecule has 0 spiro atoms. The van der Waals surface area contributed by atoms with Crippen molar-refractivity contribution in [3.8, 4) is 0 Å². The van der Waals surface area contributed by atoms with Crippen LogP contribution in [0.3, 0.4) is 0 Å². The van der Waals surface area contributed by atoms with Gasteiger partial charge in [-0.3, -0.25) is 9.59 Å². The van der Waals surface area contributed by atoms with Crippen LogP contribution in [0.5, 0.6) is 0 Å². The molecule has 0 saturated heterocycles. The van der Waals surface area contributed by atoms with E-state index >= 15 is 0 Å². The van der Waals surface area contributed by atoms with Crippen LogP contribution in [-0.2, 0) is 19.1 Å². The fourth-order valence-corrected chi connectivity index (χ4v) is 7.16. The molecule has 50 heavy (non-hydrogen) atoms. The predicted octanol–water partition coefficient (Wildman–Crippen LogP) is 13.2. The average Bonchev–Trinajstić information content (AvgIpc) is 3.10. The number of ether oxygens (including phenoxy) is 2. The van der Waals surface area contributed by atoms with Crippen molar-refractivity contribution in [1.29, 1.82) is 0 Å². The van der Waals surface area contributed by atoms with Crippen molar-refractivity contribution in [2.75, 3.05) is 39.6 Å². The van der Waals surface area contributed by atoms with Gasteiger partial charge in [0.2, 0.25) is 0 Å². The van der Waals surface area contributed by atoms with E-state index in [1.54, 1.807) is 0 Å². The molecule has 0 aromatic carbocycles. The molecule has 1 unspecified atom stereocenters. The van der Waals surface area contributed by atoms with E-state index in [4.69, 9.17) is 9.47 Å². The van der Waals surface area contributed by atoms with Gasteiger partial charge in [0.25, 0.3) is 0 Å². The van der Waals surface area contributed by atoms with Crippen molar-refractivity contribution < 1.29 is 19.1 Å². The summed E-state index contributed by atoms with van der Waals surface area (Å²) < 4.78 is 11.1. The third-order valence-corrected chi connectivity index (χ3v) is 10.5. The van der Waals surface area contributed by atoms with Crippen LogP contribution in [0.4, 0.5) is 0 Å². The van der Waals surface area contributed by atoms with Gasteiger partial charge < -0.3 is 14.4 Å². The van der Waals surface area contributed by atoms with Crippen molar-refractivity contribution in [3.63, 3.8) is 0 Å². The number of carbonyl (C=O) groups excluding carboxylic acids is 2. The summed E-state index contributed by atoms with van der Waals surface area (Å²) in [5.41, 5.74) is 0. The Bertz CT molecular complexity index is 784. The summed E-state index contributed by atoms with van der Waals surface area (Å²) in [6.45, 7) is 6.28. The zero-order valence-corrected chi connectivity index (χ0v) is 34.5. The van der Waals surface area contributed by atoms with Crippen LogP contribution in [0.2, 0.25) is 0 Å². The van der Waals surface area contributed by atoms with Gasteiger partial charge in [0, 0.05) is 12.3 Å². The molecule has 1 atom stereocenters. The molecule has 0 saturated carbocycles.